The highest BCUT2D eigenvalue weighted by Crippen LogP contribution is 2.32. The van der Waals surface area contributed by atoms with Gasteiger partial charge in [-0.3, -0.25) is 14.9 Å². The third kappa shape index (κ3) is 5.12. The highest BCUT2D eigenvalue weighted by atomic mass is 32.2. The summed E-state index contributed by atoms with van der Waals surface area (Å²) in [6.45, 7) is 0. The zero-order chi connectivity index (χ0) is 19.3. The molecule has 2 aromatic rings. The Labute approximate surface area is 150 Å². The van der Waals surface area contributed by atoms with Crippen molar-refractivity contribution in [2.24, 2.45) is 0 Å². The second kappa shape index (κ2) is 8.09. The van der Waals surface area contributed by atoms with Gasteiger partial charge in [-0.25, -0.2) is 0 Å². The monoisotopic (exact) mass is 386 g/mol. The van der Waals surface area contributed by atoms with Gasteiger partial charge in [-0.15, -0.1) is 11.8 Å². The molecule has 1 N–H and O–H groups in total. The Morgan fingerprint density at radius 1 is 1.27 bits per heavy atom. The van der Waals surface area contributed by atoms with E-state index in [1.54, 1.807) is 0 Å². The second-order valence-corrected chi connectivity index (χ2v) is 6.05. The minimum absolute atomic E-state index is 0.108. The predicted molar refractivity (Wildman–Crippen MR) is 90.4 cm³/mol. The van der Waals surface area contributed by atoms with Gasteiger partial charge in [-0.2, -0.15) is 13.2 Å². The Bertz CT molecular complexity index is 827. The van der Waals surface area contributed by atoms with Crippen LogP contribution in [0, 0.1) is 10.1 Å². The van der Waals surface area contributed by atoms with Crippen molar-refractivity contribution in [2.45, 2.75) is 11.1 Å². The molecule has 10 heteroatoms. The van der Waals surface area contributed by atoms with Gasteiger partial charge in [0.05, 0.1) is 35.1 Å². The summed E-state index contributed by atoms with van der Waals surface area (Å²) in [4.78, 5) is 22.4. The molecule has 0 spiro atoms. The lowest BCUT2D eigenvalue weighted by Crippen LogP contribution is -2.14. The van der Waals surface area contributed by atoms with Gasteiger partial charge in [0.15, 0.2) is 0 Å². The number of benzene rings is 2. The maximum Gasteiger partial charge on any atom is 0.416 e. The summed E-state index contributed by atoms with van der Waals surface area (Å²) in [7, 11) is 1.30. The van der Waals surface area contributed by atoms with Crippen molar-refractivity contribution in [3.8, 4) is 5.75 Å². The molecule has 0 aliphatic rings. The quantitative estimate of drug-likeness (QED) is 0.453. The minimum Gasteiger partial charge on any atom is -0.494 e. The summed E-state index contributed by atoms with van der Waals surface area (Å²) in [6, 6.07) is 8.34. The number of amides is 1. The van der Waals surface area contributed by atoms with Crippen LogP contribution in [0.4, 0.5) is 24.5 Å². The molecule has 138 valence electrons. The van der Waals surface area contributed by atoms with E-state index in [9.17, 15) is 28.1 Å². The van der Waals surface area contributed by atoms with E-state index in [2.05, 4.69) is 5.32 Å². The van der Waals surface area contributed by atoms with E-state index in [1.807, 2.05) is 0 Å². The molecule has 0 heterocycles. The molecule has 0 saturated carbocycles. The molecule has 0 aromatic heterocycles. The van der Waals surface area contributed by atoms with Crippen LogP contribution in [0.25, 0.3) is 0 Å². The molecule has 0 atom stereocenters. The lowest BCUT2D eigenvalue weighted by Gasteiger charge is -2.10. The number of hydrogen-bond donors (Lipinski definition) is 1. The number of alkyl halides is 3. The highest BCUT2D eigenvalue weighted by molar-refractivity contribution is 8.00. The number of carbonyl (C=O) groups excluding carboxylic acids is 1. The topological polar surface area (TPSA) is 81.5 Å². The zero-order valence-electron chi connectivity index (χ0n) is 13.4. The van der Waals surface area contributed by atoms with E-state index in [0.717, 1.165) is 30.0 Å². The van der Waals surface area contributed by atoms with Gasteiger partial charge in [0.2, 0.25) is 5.91 Å². The fourth-order valence-corrected chi connectivity index (χ4v) is 2.75. The van der Waals surface area contributed by atoms with E-state index in [4.69, 9.17) is 4.74 Å². The van der Waals surface area contributed by atoms with Crippen molar-refractivity contribution in [2.75, 3.05) is 18.2 Å². The fourth-order valence-electron chi connectivity index (χ4n) is 1.99. The normalized spacial score (nSPS) is 11.1. The lowest BCUT2D eigenvalue weighted by molar-refractivity contribution is -0.384. The van der Waals surface area contributed by atoms with Gasteiger partial charge in [0.1, 0.15) is 5.75 Å². The zero-order valence-corrected chi connectivity index (χ0v) is 14.2. The minimum atomic E-state index is -4.45. The average molecular weight is 386 g/mol. The molecule has 6 nitrogen and oxygen atoms in total. The molecule has 2 aromatic carbocycles. The predicted octanol–water partition coefficient (Wildman–Crippen LogP) is 4.35. The average Bonchev–Trinajstić information content (AvgIpc) is 2.59. The third-order valence-corrected chi connectivity index (χ3v) is 4.20. The number of methoxy groups -OCH3 is 1. The van der Waals surface area contributed by atoms with Crippen molar-refractivity contribution in [3.05, 3.63) is 58.1 Å². The number of non-ortho nitro benzene ring substituents is 1. The van der Waals surface area contributed by atoms with Crippen molar-refractivity contribution in [1.29, 1.82) is 0 Å². The number of hydrogen-bond acceptors (Lipinski definition) is 5. The standard InChI is InChI=1S/C16H13F3N2O4S/c1-25-14-8-11(21(23)24)5-6-13(14)20-15(22)9-26-12-4-2-3-10(7-12)16(17,18)19/h2-8H,9H2,1H3,(H,20,22). The van der Waals surface area contributed by atoms with Crippen LogP contribution in [0.3, 0.4) is 0 Å². The van der Waals surface area contributed by atoms with Crippen molar-refractivity contribution in [1.82, 2.24) is 0 Å². The van der Waals surface area contributed by atoms with Gasteiger partial charge in [-0.05, 0) is 24.3 Å². The number of thioether (sulfide) groups is 1. The van der Waals surface area contributed by atoms with Crippen molar-refractivity contribution < 1.29 is 27.6 Å². The van der Waals surface area contributed by atoms with Crippen LogP contribution >= 0.6 is 11.8 Å². The number of rotatable bonds is 6. The first-order chi connectivity index (χ1) is 12.2. The Morgan fingerprint density at radius 3 is 2.62 bits per heavy atom. The summed E-state index contributed by atoms with van der Waals surface area (Å²) in [5.74, 6) is -0.516. The molecule has 1 amide bonds. The summed E-state index contributed by atoms with van der Waals surface area (Å²) < 4.78 is 43.0. The van der Waals surface area contributed by atoms with Crippen LogP contribution in [0.2, 0.25) is 0 Å². The molecule has 0 fully saturated rings. The molecule has 0 aliphatic heterocycles. The fraction of sp³-hybridized carbons (Fsp3) is 0.188. The largest absolute Gasteiger partial charge is 0.494 e. The van der Waals surface area contributed by atoms with Gasteiger partial charge in [0, 0.05) is 11.0 Å². The molecule has 0 bridgehead atoms. The SMILES string of the molecule is COc1cc([N+](=O)[O-])ccc1NC(=O)CSc1cccc(C(F)(F)F)c1. The molecule has 26 heavy (non-hydrogen) atoms. The second-order valence-electron chi connectivity index (χ2n) is 5.00. The van der Waals surface area contributed by atoms with Crippen LogP contribution in [0.1, 0.15) is 5.56 Å². The number of nitrogens with zero attached hydrogens (tertiary/aromatic N) is 1. The Hall–Kier alpha value is -2.75. The Balaban J connectivity index is 2.02. The van der Waals surface area contributed by atoms with E-state index in [-0.39, 0.29) is 22.9 Å². The van der Waals surface area contributed by atoms with Gasteiger partial charge >= 0.3 is 6.18 Å². The summed E-state index contributed by atoms with van der Waals surface area (Å²) in [5.41, 5.74) is -0.758. The van der Waals surface area contributed by atoms with E-state index >= 15 is 0 Å². The van der Waals surface area contributed by atoms with E-state index < -0.39 is 22.6 Å². The molecule has 0 saturated heterocycles. The molecule has 2 rings (SSSR count). The van der Waals surface area contributed by atoms with Gasteiger partial charge < -0.3 is 10.1 Å². The van der Waals surface area contributed by atoms with Gasteiger partial charge in [0.25, 0.3) is 5.69 Å². The first-order valence-electron chi connectivity index (χ1n) is 7.13. The number of nitro benzene ring substituents is 1. The number of nitro groups is 1. The number of nitrogens with one attached hydrogen (secondary N) is 1. The third-order valence-electron chi connectivity index (χ3n) is 3.20. The van der Waals surface area contributed by atoms with E-state index in [0.29, 0.717) is 4.90 Å². The van der Waals surface area contributed by atoms with Crippen molar-refractivity contribution in [3.63, 3.8) is 0 Å². The first-order valence-corrected chi connectivity index (χ1v) is 8.11. The van der Waals surface area contributed by atoms with Crippen LogP contribution in [0.5, 0.6) is 5.75 Å². The maximum absolute atomic E-state index is 12.7. The first kappa shape index (κ1) is 19.6. The van der Waals surface area contributed by atoms with Gasteiger partial charge in [-0.1, -0.05) is 6.07 Å². The smallest absolute Gasteiger partial charge is 0.416 e. The number of anilines is 1. The molecule has 0 unspecified atom stereocenters. The Morgan fingerprint density at radius 2 is 2.00 bits per heavy atom. The summed E-state index contributed by atoms with van der Waals surface area (Å²) in [5, 5.41) is 13.3. The number of carbonyl (C=O) groups is 1. The molecular weight excluding hydrogens is 373 g/mol. The number of halogens is 3. The molecule has 0 aliphatic carbocycles. The van der Waals surface area contributed by atoms with Crippen LogP contribution in [-0.4, -0.2) is 23.7 Å². The van der Waals surface area contributed by atoms with Crippen LogP contribution in [0.15, 0.2) is 47.4 Å². The Kier molecular flexibility index (Phi) is 6.09. The number of ether oxygens (including phenoxy) is 1. The van der Waals surface area contributed by atoms with Crippen LogP contribution < -0.4 is 10.1 Å². The summed E-state index contributed by atoms with van der Waals surface area (Å²) in [6.07, 6.45) is -4.45. The molecular formula is C16H13F3N2O4S. The summed E-state index contributed by atoms with van der Waals surface area (Å²) >= 11 is 0.938. The lowest BCUT2D eigenvalue weighted by atomic mass is 10.2. The molecule has 0 radical (unpaired) electrons. The maximum atomic E-state index is 12.7. The van der Waals surface area contributed by atoms with Crippen molar-refractivity contribution >= 4 is 29.0 Å². The van der Waals surface area contributed by atoms with E-state index in [1.165, 1.54) is 31.4 Å². The van der Waals surface area contributed by atoms with Crippen LogP contribution in [-0.2, 0) is 11.0 Å². The highest BCUT2D eigenvalue weighted by Gasteiger charge is 2.30.